The normalized spacial score (nSPS) is 12.1. The van der Waals surface area contributed by atoms with Crippen molar-refractivity contribution in [2.24, 2.45) is 7.05 Å². The van der Waals surface area contributed by atoms with Crippen LogP contribution in [-0.2, 0) is 7.05 Å². The molecule has 0 aliphatic heterocycles. The van der Waals surface area contributed by atoms with Crippen molar-refractivity contribution < 1.29 is 4.79 Å². The van der Waals surface area contributed by atoms with Crippen LogP contribution in [0.15, 0.2) is 36.5 Å². The summed E-state index contributed by atoms with van der Waals surface area (Å²) in [6.45, 7) is 2.03. The van der Waals surface area contributed by atoms with E-state index in [9.17, 15) is 4.79 Å². The van der Waals surface area contributed by atoms with E-state index in [2.05, 4.69) is 10.4 Å². The lowest BCUT2D eigenvalue weighted by Crippen LogP contribution is -2.29. The van der Waals surface area contributed by atoms with Crippen LogP contribution in [0.1, 0.15) is 35.4 Å². The van der Waals surface area contributed by atoms with E-state index in [1.165, 1.54) is 4.68 Å². The van der Waals surface area contributed by atoms with Crippen molar-refractivity contribution in [3.8, 4) is 0 Å². The second-order valence-electron chi connectivity index (χ2n) is 4.45. The highest BCUT2D eigenvalue weighted by molar-refractivity contribution is 5.97. The third-order valence-corrected chi connectivity index (χ3v) is 2.99. The molecule has 0 fully saturated rings. The van der Waals surface area contributed by atoms with Gasteiger partial charge in [-0.05, 0) is 12.0 Å². The third kappa shape index (κ3) is 2.93. The minimum absolute atomic E-state index is 0.0323. The summed E-state index contributed by atoms with van der Waals surface area (Å²) in [6, 6.07) is 9.83. The number of benzene rings is 1. The molecule has 1 unspecified atom stereocenters. The molecule has 3 N–H and O–H groups in total. The highest BCUT2D eigenvalue weighted by Gasteiger charge is 2.18. The Balaban J connectivity index is 2.15. The summed E-state index contributed by atoms with van der Waals surface area (Å²) in [5, 5.41) is 7.03. The van der Waals surface area contributed by atoms with Gasteiger partial charge in [-0.2, -0.15) is 5.10 Å². The summed E-state index contributed by atoms with van der Waals surface area (Å²) in [4.78, 5) is 12.2. The van der Waals surface area contributed by atoms with Gasteiger partial charge in [0.1, 0.15) is 0 Å². The predicted octanol–water partition coefficient (Wildman–Crippen LogP) is 1.88. The molecule has 5 heteroatoms. The molecule has 1 aromatic heterocycles. The van der Waals surface area contributed by atoms with Crippen LogP contribution in [0, 0.1) is 0 Å². The molecule has 0 aliphatic rings. The number of carbonyl (C=O) groups is 1. The van der Waals surface area contributed by atoms with Crippen LogP contribution in [0.3, 0.4) is 0 Å². The van der Waals surface area contributed by atoms with Gasteiger partial charge >= 0.3 is 0 Å². The van der Waals surface area contributed by atoms with Crippen LogP contribution in [0.5, 0.6) is 0 Å². The molecule has 2 rings (SSSR count). The number of nitrogen functional groups attached to an aromatic ring is 1. The lowest BCUT2D eigenvalue weighted by Gasteiger charge is -2.16. The van der Waals surface area contributed by atoms with Gasteiger partial charge in [0.2, 0.25) is 0 Å². The van der Waals surface area contributed by atoms with Crippen molar-refractivity contribution >= 4 is 11.6 Å². The standard InChI is InChI=1S/C14H18N4O/c1-3-12(10-7-5-4-6-8-10)16-14(19)13-11(15)9-18(2)17-13/h4-9,12H,3,15H2,1-2H3,(H,16,19). The van der Waals surface area contributed by atoms with Gasteiger partial charge in [0.15, 0.2) is 5.69 Å². The lowest BCUT2D eigenvalue weighted by atomic mass is 10.0. The first-order valence-corrected chi connectivity index (χ1v) is 6.26. The fourth-order valence-electron chi connectivity index (χ4n) is 2.02. The molecule has 19 heavy (non-hydrogen) atoms. The van der Waals surface area contributed by atoms with E-state index >= 15 is 0 Å². The van der Waals surface area contributed by atoms with Crippen molar-refractivity contribution in [2.75, 3.05) is 5.73 Å². The SMILES string of the molecule is CCC(NC(=O)c1nn(C)cc1N)c1ccccc1. The van der Waals surface area contributed by atoms with E-state index in [0.29, 0.717) is 5.69 Å². The zero-order valence-corrected chi connectivity index (χ0v) is 11.1. The molecule has 0 saturated heterocycles. The fraction of sp³-hybridized carbons (Fsp3) is 0.286. The number of anilines is 1. The smallest absolute Gasteiger partial charge is 0.274 e. The van der Waals surface area contributed by atoms with E-state index in [4.69, 9.17) is 5.73 Å². The Morgan fingerprint density at radius 1 is 1.42 bits per heavy atom. The Bertz CT molecular complexity index is 562. The Kier molecular flexibility index (Phi) is 3.85. The van der Waals surface area contributed by atoms with Gasteiger partial charge in [-0.15, -0.1) is 0 Å². The van der Waals surface area contributed by atoms with E-state index < -0.39 is 0 Å². The van der Waals surface area contributed by atoms with Gasteiger partial charge < -0.3 is 11.1 Å². The van der Waals surface area contributed by atoms with Gasteiger partial charge in [-0.1, -0.05) is 37.3 Å². The Labute approximate surface area is 112 Å². The third-order valence-electron chi connectivity index (χ3n) is 2.99. The molecule has 0 saturated carbocycles. The zero-order valence-electron chi connectivity index (χ0n) is 11.1. The van der Waals surface area contributed by atoms with Gasteiger partial charge in [0.25, 0.3) is 5.91 Å². The molecule has 0 aliphatic carbocycles. The van der Waals surface area contributed by atoms with Crippen LogP contribution in [0.25, 0.3) is 0 Å². The van der Waals surface area contributed by atoms with Crippen molar-refractivity contribution in [3.63, 3.8) is 0 Å². The number of hydrogen-bond donors (Lipinski definition) is 2. The highest BCUT2D eigenvalue weighted by Crippen LogP contribution is 2.17. The molecule has 0 spiro atoms. The van der Waals surface area contributed by atoms with Gasteiger partial charge in [-0.25, -0.2) is 0 Å². The zero-order chi connectivity index (χ0) is 13.8. The van der Waals surface area contributed by atoms with Crippen LogP contribution < -0.4 is 11.1 Å². The number of hydrogen-bond acceptors (Lipinski definition) is 3. The Hall–Kier alpha value is -2.30. The number of rotatable bonds is 4. The number of aryl methyl sites for hydroxylation is 1. The number of carbonyl (C=O) groups excluding carboxylic acids is 1. The summed E-state index contributed by atoms with van der Waals surface area (Å²) in [5.74, 6) is -0.242. The summed E-state index contributed by atoms with van der Waals surface area (Å²) >= 11 is 0. The number of nitrogens with zero attached hydrogens (tertiary/aromatic N) is 2. The summed E-state index contributed by atoms with van der Waals surface area (Å²) in [6.07, 6.45) is 2.43. The quantitative estimate of drug-likeness (QED) is 0.879. The molecule has 1 amide bonds. The Morgan fingerprint density at radius 2 is 2.11 bits per heavy atom. The number of aromatic nitrogens is 2. The minimum Gasteiger partial charge on any atom is -0.396 e. The fourth-order valence-corrected chi connectivity index (χ4v) is 2.02. The number of amides is 1. The monoisotopic (exact) mass is 258 g/mol. The summed E-state index contributed by atoms with van der Waals surface area (Å²) in [5.41, 5.74) is 7.50. The predicted molar refractivity (Wildman–Crippen MR) is 74.6 cm³/mol. The van der Waals surface area contributed by atoms with Crippen LogP contribution in [0.2, 0.25) is 0 Å². The molecule has 5 nitrogen and oxygen atoms in total. The van der Waals surface area contributed by atoms with Crippen molar-refractivity contribution in [1.82, 2.24) is 15.1 Å². The molecular formula is C14H18N4O. The van der Waals surface area contributed by atoms with Crippen molar-refractivity contribution in [1.29, 1.82) is 0 Å². The van der Waals surface area contributed by atoms with Crippen LogP contribution >= 0.6 is 0 Å². The topological polar surface area (TPSA) is 72.9 Å². The first kappa shape index (κ1) is 13.1. The molecule has 1 aromatic carbocycles. The molecule has 0 bridgehead atoms. The van der Waals surface area contributed by atoms with Gasteiger partial charge in [0.05, 0.1) is 11.7 Å². The largest absolute Gasteiger partial charge is 0.396 e. The van der Waals surface area contributed by atoms with Crippen molar-refractivity contribution in [3.05, 3.63) is 47.8 Å². The maximum atomic E-state index is 12.2. The van der Waals surface area contributed by atoms with Crippen LogP contribution in [-0.4, -0.2) is 15.7 Å². The average Bonchev–Trinajstić information content (AvgIpc) is 2.76. The lowest BCUT2D eigenvalue weighted by molar-refractivity contribution is 0.0930. The average molecular weight is 258 g/mol. The number of nitrogens with two attached hydrogens (primary N) is 1. The van der Waals surface area contributed by atoms with E-state index in [0.717, 1.165) is 12.0 Å². The highest BCUT2D eigenvalue weighted by atomic mass is 16.2. The Morgan fingerprint density at radius 3 is 2.63 bits per heavy atom. The first-order chi connectivity index (χ1) is 9.11. The maximum absolute atomic E-state index is 12.2. The molecule has 2 aromatic rings. The molecule has 1 atom stereocenters. The summed E-state index contributed by atoms with van der Waals surface area (Å²) in [7, 11) is 1.74. The minimum atomic E-state index is -0.242. The van der Waals surface area contributed by atoms with Gasteiger partial charge in [0, 0.05) is 13.2 Å². The van der Waals surface area contributed by atoms with Crippen molar-refractivity contribution in [2.45, 2.75) is 19.4 Å². The molecule has 100 valence electrons. The second-order valence-corrected chi connectivity index (χ2v) is 4.45. The summed E-state index contributed by atoms with van der Waals surface area (Å²) < 4.78 is 1.54. The molecular weight excluding hydrogens is 240 g/mol. The van der Waals surface area contributed by atoms with E-state index in [1.807, 2.05) is 37.3 Å². The van der Waals surface area contributed by atoms with E-state index in [1.54, 1.807) is 13.2 Å². The number of nitrogens with one attached hydrogen (secondary N) is 1. The second kappa shape index (κ2) is 5.56. The first-order valence-electron chi connectivity index (χ1n) is 6.26. The maximum Gasteiger partial charge on any atom is 0.274 e. The molecule has 1 heterocycles. The van der Waals surface area contributed by atoms with E-state index in [-0.39, 0.29) is 17.6 Å². The van der Waals surface area contributed by atoms with Crippen LogP contribution in [0.4, 0.5) is 5.69 Å². The molecule has 0 radical (unpaired) electrons. The van der Waals surface area contributed by atoms with Gasteiger partial charge in [-0.3, -0.25) is 9.48 Å².